The smallest absolute Gasteiger partial charge is 0.264 e. The van der Waals surface area contributed by atoms with Crippen molar-refractivity contribution in [1.29, 1.82) is 0 Å². The van der Waals surface area contributed by atoms with Gasteiger partial charge in [-0.15, -0.1) is 0 Å². The molecule has 3 aromatic carbocycles. The maximum absolute atomic E-state index is 14.0. The summed E-state index contributed by atoms with van der Waals surface area (Å²) in [6.07, 6.45) is 0.324. The quantitative estimate of drug-likeness (QED) is 0.288. The fourth-order valence-corrected chi connectivity index (χ4v) is 5.67. The fourth-order valence-electron chi connectivity index (χ4n) is 4.26. The molecule has 0 aliphatic heterocycles. The highest BCUT2D eigenvalue weighted by molar-refractivity contribution is 7.92. The number of anilines is 1. The third kappa shape index (κ3) is 8.53. The molecule has 0 fully saturated rings. The molecule has 0 radical (unpaired) electrons. The van der Waals surface area contributed by atoms with Gasteiger partial charge in [0.25, 0.3) is 10.0 Å². The second-order valence-corrected chi connectivity index (χ2v) is 11.8. The number of ether oxygens (including phenoxy) is 1. The zero-order chi connectivity index (χ0) is 30.0. The number of carbonyl (C=O) groups is 2. The number of amides is 2. The molecule has 0 unspecified atom stereocenters. The SMILES string of the molecule is CCOc1ccc(S(=O)(=O)N(CC(=O)N(Cc2ccccc2)[C@H](CC)C(=O)NCC(C)C)c2ccc(F)cc2)cc1. The maximum atomic E-state index is 14.0. The third-order valence-corrected chi connectivity index (χ3v) is 8.17. The second kappa shape index (κ2) is 14.6. The maximum Gasteiger partial charge on any atom is 0.264 e. The summed E-state index contributed by atoms with van der Waals surface area (Å²) in [7, 11) is -4.27. The molecule has 2 amide bonds. The van der Waals surface area contributed by atoms with Gasteiger partial charge in [-0.1, -0.05) is 51.1 Å². The van der Waals surface area contributed by atoms with Crippen molar-refractivity contribution in [1.82, 2.24) is 10.2 Å². The summed E-state index contributed by atoms with van der Waals surface area (Å²) < 4.78 is 48.0. The lowest BCUT2D eigenvalue weighted by atomic mass is 10.1. The Morgan fingerprint density at radius 3 is 2.12 bits per heavy atom. The number of rotatable bonds is 14. The molecule has 0 spiro atoms. The van der Waals surface area contributed by atoms with Crippen molar-refractivity contribution >= 4 is 27.5 Å². The zero-order valence-corrected chi connectivity index (χ0v) is 24.7. The molecule has 1 N–H and O–H groups in total. The van der Waals surface area contributed by atoms with E-state index in [1.807, 2.05) is 51.1 Å². The molecule has 0 saturated carbocycles. The van der Waals surface area contributed by atoms with E-state index >= 15 is 0 Å². The summed E-state index contributed by atoms with van der Waals surface area (Å²) in [6.45, 7) is 7.94. The number of benzene rings is 3. The lowest BCUT2D eigenvalue weighted by Crippen LogP contribution is -2.52. The fraction of sp³-hybridized carbons (Fsp3) is 0.355. The summed E-state index contributed by atoms with van der Waals surface area (Å²) in [4.78, 5) is 28.6. The average Bonchev–Trinajstić information content (AvgIpc) is 2.96. The Balaban J connectivity index is 2.02. The van der Waals surface area contributed by atoms with Gasteiger partial charge in [-0.25, -0.2) is 12.8 Å². The number of hydrogen-bond donors (Lipinski definition) is 1. The van der Waals surface area contributed by atoms with Crippen molar-refractivity contribution in [3.63, 3.8) is 0 Å². The minimum absolute atomic E-state index is 0.0607. The van der Waals surface area contributed by atoms with Crippen LogP contribution in [0.15, 0.2) is 83.8 Å². The van der Waals surface area contributed by atoms with Crippen molar-refractivity contribution in [2.45, 2.75) is 51.6 Å². The van der Waals surface area contributed by atoms with Crippen LogP contribution in [0, 0.1) is 11.7 Å². The first-order chi connectivity index (χ1) is 19.6. The van der Waals surface area contributed by atoms with Gasteiger partial charge in [-0.2, -0.15) is 0 Å². The summed E-state index contributed by atoms with van der Waals surface area (Å²) in [6, 6.07) is 19.1. The summed E-state index contributed by atoms with van der Waals surface area (Å²) in [5.74, 6) is -0.712. The largest absolute Gasteiger partial charge is 0.494 e. The Morgan fingerprint density at radius 1 is 0.927 bits per heavy atom. The zero-order valence-electron chi connectivity index (χ0n) is 23.9. The Labute approximate surface area is 242 Å². The van der Waals surface area contributed by atoms with Crippen molar-refractivity contribution in [2.24, 2.45) is 5.92 Å². The molecule has 0 bridgehead atoms. The Hall–Kier alpha value is -3.92. The first kappa shape index (κ1) is 31.6. The van der Waals surface area contributed by atoms with Crippen LogP contribution in [0.4, 0.5) is 10.1 Å². The van der Waals surface area contributed by atoms with Crippen LogP contribution in [0.3, 0.4) is 0 Å². The van der Waals surface area contributed by atoms with Gasteiger partial charge >= 0.3 is 0 Å². The summed E-state index contributed by atoms with van der Waals surface area (Å²) in [5, 5.41) is 2.90. The molecule has 0 aromatic heterocycles. The van der Waals surface area contributed by atoms with Crippen LogP contribution >= 0.6 is 0 Å². The molecule has 3 rings (SSSR count). The van der Waals surface area contributed by atoms with Crippen molar-refractivity contribution in [3.8, 4) is 5.75 Å². The highest BCUT2D eigenvalue weighted by atomic mass is 32.2. The normalized spacial score (nSPS) is 12.0. The van der Waals surface area contributed by atoms with Crippen molar-refractivity contribution < 1.29 is 27.1 Å². The number of nitrogens with zero attached hydrogens (tertiary/aromatic N) is 2. The van der Waals surface area contributed by atoms with E-state index in [0.717, 1.165) is 22.0 Å². The molecule has 1 atom stereocenters. The van der Waals surface area contributed by atoms with Gasteiger partial charge in [0.1, 0.15) is 24.2 Å². The lowest BCUT2D eigenvalue weighted by Gasteiger charge is -2.33. The van der Waals surface area contributed by atoms with E-state index in [0.29, 0.717) is 25.3 Å². The second-order valence-electron chi connectivity index (χ2n) is 9.96. The van der Waals surface area contributed by atoms with Crippen LogP contribution in [0.5, 0.6) is 5.75 Å². The molecule has 8 nitrogen and oxygen atoms in total. The molecular formula is C31H38FN3O5S. The first-order valence-electron chi connectivity index (χ1n) is 13.7. The number of sulfonamides is 1. The van der Waals surface area contributed by atoms with Crippen molar-refractivity contribution in [3.05, 3.63) is 90.2 Å². The molecule has 0 heterocycles. The highest BCUT2D eigenvalue weighted by Crippen LogP contribution is 2.26. The van der Waals surface area contributed by atoms with E-state index in [1.165, 1.54) is 41.3 Å². The first-order valence-corrected chi connectivity index (χ1v) is 15.1. The van der Waals surface area contributed by atoms with Crippen LogP contribution in [0.25, 0.3) is 0 Å². The van der Waals surface area contributed by atoms with Gasteiger partial charge < -0.3 is 15.0 Å². The van der Waals surface area contributed by atoms with E-state index < -0.39 is 34.3 Å². The molecule has 0 aliphatic rings. The van der Waals surface area contributed by atoms with E-state index in [9.17, 15) is 22.4 Å². The van der Waals surface area contributed by atoms with Crippen LogP contribution < -0.4 is 14.4 Å². The number of halogens is 1. The minimum atomic E-state index is -4.27. The van der Waals surface area contributed by atoms with E-state index in [4.69, 9.17) is 4.74 Å². The van der Waals surface area contributed by atoms with Crippen molar-refractivity contribution in [2.75, 3.05) is 24.0 Å². The molecular weight excluding hydrogens is 545 g/mol. The highest BCUT2D eigenvalue weighted by Gasteiger charge is 2.33. The van der Waals surface area contributed by atoms with Crippen LogP contribution in [0.1, 0.15) is 39.7 Å². The predicted octanol–water partition coefficient (Wildman–Crippen LogP) is 5.00. The molecule has 41 heavy (non-hydrogen) atoms. The van der Waals surface area contributed by atoms with E-state index in [-0.39, 0.29) is 29.0 Å². The van der Waals surface area contributed by atoms with Gasteiger partial charge in [-0.05, 0) is 73.4 Å². The van der Waals surface area contributed by atoms with Gasteiger partial charge in [0, 0.05) is 13.1 Å². The van der Waals surface area contributed by atoms with Gasteiger partial charge in [0.2, 0.25) is 11.8 Å². The van der Waals surface area contributed by atoms with E-state index in [1.54, 1.807) is 6.92 Å². The van der Waals surface area contributed by atoms with Crippen LogP contribution in [-0.4, -0.2) is 50.9 Å². The molecule has 0 saturated heterocycles. The monoisotopic (exact) mass is 583 g/mol. The summed E-state index contributed by atoms with van der Waals surface area (Å²) in [5.41, 5.74) is 0.907. The summed E-state index contributed by atoms with van der Waals surface area (Å²) >= 11 is 0. The lowest BCUT2D eigenvalue weighted by molar-refractivity contribution is -0.140. The predicted molar refractivity (Wildman–Crippen MR) is 157 cm³/mol. The molecule has 220 valence electrons. The number of nitrogens with one attached hydrogen (secondary N) is 1. The Morgan fingerprint density at radius 2 is 1.56 bits per heavy atom. The topological polar surface area (TPSA) is 96.0 Å². The third-order valence-electron chi connectivity index (χ3n) is 6.38. The minimum Gasteiger partial charge on any atom is -0.494 e. The Bertz CT molecular complexity index is 1380. The number of carbonyl (C=O) groups excluding carboxylic acids is 2. The molecule has 3 aromatic rings. The number of hydrogen-bond acceptors (Lipinski definition) is 5. The standard InChI is InChI=1S/C31H38FN3O5S/c1-5-29(31(37)33-20-23(3)4)34(21-24-10-8-7-9-11-24)30(36)22-35(26-14-12-25(32)13-15-26)41(38,39)28-18-16-27(17-19-28)40-6-2/h7-19,23,29H,5-6,20-22H2,1-4H3,(H,33,37)/t29-/m1/s1. The Kier molecular flexibility index (Phi) is 11.3. The van der Waals surface area contributed by atoms with Crippen LogP contribution in [0.2, 0.25) is 0 Å². The average molecular weight is 584 g/mol. The van der Waals surface area contributed by atoms with E-state index in [2.05, 4.69) is 5.32 Å². The van der Waals surface area contributed by atoms with Gasteiger partial charge in [-0.3, -0.25) is 13.9 Å². The van der Waals surface area contributed by atoms with Crippen LogP contribution in [-0.2, 0) is 26.2 Å². The van der Waals surface area contributed by atoms with Gasteiger partial charge in [0.05, 0.1) is 17.2 Å². The molecule has 10 heteroatoms. The molecule has 0 aliphatic carbocycles. The van der Waals surface area contributed by atoms with Gasteiger partial charge in [0.15, 0.2) is 0 Å².